The minimum Gasteiger partial charge on any atom is -0.463 e. The molecule has 3 aromatic rings. The van der Waals surface area contributed by atoms with Crippen LogP contribution in [0.25, 0.3) is 0 Å². The molecular weight excluding hydrogens is 404 g/mol. The van der Waals surface area contributed by atoms with Crippen LogP contribution in [0.1, 0.15) is 11.3 Å². The summed E-state index contributed by atoms with van der Waals surface area (Å²) in [5.74, 6) is 0.401. The third-order valence-corrected chi connectivity index (χ3v) is 5.49. The Morgan fingerprint density at radius 3 is 2.70 bits per heavy atom. The zero-order chi connectivity index (χ0) is 20.9. The fourth-order valence-electron chi connectivity index (χ4n) is 2.99. The molecule has 1 unspecified atom stereocenters. The molecule has 1 aliphatic heterocycles. The van der Waals surface area contributed by atoms with Crippen LogP contribution in [0.2, 0.25) is 0 Å². The molecule has 0 bridgehead atoms. The molecule has 9 heteroatoms. The van der Waals surface area contributed by atoms with Crippen molar-refractivity contribution in [3.8, 4) is 0 Å². The van der Waals surface area contributed by atoms with Gasteiger partial charge in [0.25, 0.3) is 5.69 Å². The average molecular weight is 420 g/mol. The van der Waals surface area contributed by atoms with Crippen molar-refractivity contribution in [2.24, 2.45) is 10.2 Å². The number of non-ortho nitro benzene ring substituents is 1. The highest BCUT2D eigenvalue weighted by molar-refractivity contribution is 8.16. The van der Waals surface area contributed by atoms with Gasteiger partial charge >= 0.3 is 0 Å². The number of rotatable bonds is 6. The molecule has 8 nitrogen and oxygen atoms in total. The fraction of sp³-hybridized carbons (Fsp3) is 0.0952. The predicted octanol–water partition coefficient (Wildman–Crippen LogP) is 4.27. The Kier molecular flexibility index (Phi) is 5.71. The maximum Gasteiger partial charge on any atom is 0.269 e. The number of amides is 1. The van der Waals surface area contributed by atoms with Crippen molar-refractivity contribution in [2.45, 2.75) is 11.7 Å². The quantitative estimate of drug-likeness (QED) is 0.337. The van der Waals surface area contributed by atoms with E-state index in [1.165, 1.54) is 41.3 Å². The minimum absolute atomic E-state index is 0.000185. The van der Waals surface area contributed by atoms with Gasteiger partial charge < -0.3 is 4.42 Å². The van der Waals surface area contributed by atoms with Crippen LogP contribution >= 0.6 is 11.8 Å². The number of furan rings is 1. The van der Waals surface area contributed by atoms with Crippen molar-refractivity contribution in [1.29, 1.82) is 0 Å². The second kappa shape index (κ2) is 8.75. The first-order valence-corrected chi connectivity index (χ1v) is 9.93. The number of carbonyl (C=O) groups is 1. The molecule has 0 saturated carbocycles. The van der Waals surface area contributed by atoms with Crippen LogP contribution in [-0.4, -0.2) is 27.5 Å². The first kappa shape index (κ1) is 19.6. The Labute approximate surface area is 176 Å². The maximum atomic E-state index is 13.2. The van der Waals surface area contributed by atoms with Crippen LogP contribution < -0.4 is 4.90 Å². The van der Waals surface area contributed by atoms with E-state index in [2.05, 4.69) is 10.2 Å². The molecule has 0 spiro atoms. The van der Waals surface area contributed by atoms with E-state index in [4.69, 9.17) is 4.42 Å². The van der Waals surface area contributed by atoms with Crippen molar-refractivity contribution in [3.63, 3.8) is 0 Å². The summed E-state index contributed by atoms with van der Waals surface area (Å²) in [6.07, 6.45) is 3.35. The summed E-state index contributed by atoms with van der Waals surface area (Å²) in [4.78, 5) is 25.3. The van der Waals surface area contributed by atoms with E-state index in [1.807, 2.05) is 30.3 Å². The largest absolute Gasteiger partial charge is 0.463 e. The van der Waals surface area contributed by atoms with Crippen molar-refractivity contribution in [1.82, 2.24) is 0 Å². The van der Waals surface area contributed by atoms with E-state index in [-0.39, 0.29) is 11.6 Å². The van der Waals surface area contributed by atoms with Crippen LogP contribution in [-0.2, 0) is 11.2 Å². The van der Waals surface area contributed by atoms with Gasteiger partial charge in [-0.25, -0.2) is 0 Å². The first-order chi connectivity index (χ1) is 14.6. The number of nitro benzene ring substituents is 1. The number of thioether (sulfide) groups is 1. The van der Waals surface area contributed by atoms with E-state index in [0.29, 0.717) is 28.6 Å². The highest BCUT2D eigenvalue weighted by Crippen LogP contribution is 2.34. The van der Waals surface area contributed by atoms with E-state index < -0.39 is 10.2 Å². The number of carbonyl (C=O) groups excluding carboxylic acids is 1. The van der Waals surface area contributed by atoms with Gasteiger partial charge in [-0.3, -0.25) is 19.8 Å². The summed E-state index contributed by atoms with van der Waals surface area (Å²) in [5, 5.41) is 19.3. The SMILES string of the molecule is O=C1C(Cc2cccc([N+](=O)[O-])c2)SC(=NN=Cc2ccco2)N1c1ccccc1. The predicted molar refractivity (Wildman–Crippen MR) is 116 cm³/mol. The van der Waals surface area contributed by atoms with E-state index in [9.17, 15) is 14.9 Å². The lowest BCUT2D eigenvalue weighted by Crippen LogP contribution is -2.32. The van der Waals surface area contributed by atoms with Gasteiger partial charge in [0.05, 0.1) is 28.3 Å². The van der Waals surface area contributed by atoms with Crippen LogP contribution in [0.15, 0.2) is 87.6 Å². The monoisotopic (exact) mass is 420 g/mol. The zero-order valence-electron chi connectivity index (χ0n) is 15.6. The minimum atomic E-state index is -0.468. The second-order valence-electron chi connectivity index (χ2n) is 6.39. The molecule has 1 aromatic heterocycles. The van der Waals surface area contributed by atoms with Gasteiger partial charge in [0.2, 0.25) is 5.91 Å². The molecule has 2 heterocycles. The Balaban J connectivity index is 1.61. The molecule has 1 fully saturated rings. The van der Waals surface area contributed by atoms with Crippen molar-refractivity contribution in [3.05, 3.63) is 94.4 Å². The Bertz CT molecular complexity index is 1110. The summed E-state index contributed by atoms with van der Waals surface area (Å²) in [5.41, 5.74) is 1.40. The molecule has 4 rings (SSSR count). The molecule has 2 aromatic carbocycles. The van der Waals surface area contributed by atoms with Gasteiger partial charge in [-0.15, -0.1) is 5.10 Å². The second-order valence-corrected chi connectivity index (χ2v) is 7.56. The number of benzene rings is 2. The number of hydrogen-bond donors (Lipinski definition) is 0. The van der Waals surface area contributed by atoms with Crippen LogP contribution in [0.4, 0.5) is 11.4 Å². The molecule has 0 radical (unpaired) electrons. The maximum absolute atomic E-state index is 13.2. The topological polar surface area (TPSA) is 101 Å². The Hall–Kier alpha value is -3.72. The Morgan fingerprint density at radius 2 is 1.97 bits per heavy atom. The molecule has 1 saturated heterocycles. The van der Waals surface area contributed by atoms with Gasteiger partial charge in [-0.1, -0.05) is 42.1 Å². The highest BCUT2D eigenvalue weighted by Gasteiger charge is 2.39. The van der Waals surface area contributed by atoms with Gasteiger partial charge in [0, 0.05) is 12.1 Å². The summed E-state index contributed by atoms with van der Waals surface area (Å²) in [7, 11) is 0. The van der Waals surface area contributed by atoms with Crippen molar-refractivity contribution < 1.29 is 14.1 Å². The number of hydrogen-bond acceptors (Lipinski definition) is 7. The van der Waals surface area contributed by atoms with Crippen LogP contribution in [0, 0.1) is 10.1 Å². The normalized spacial score (nSPS) is 17.9. The van der Waals surface area contributed by atoms with E-state index in [1.54, 1.807) is 24.3 Å². The number of para-hydroxylation sites is 1. The summed E-state index contributed by atoms with van der Waals surface area (Å²) >= 11 is 1.28. The molecular formula is C21H16N4O4S. The van der Waals surface area contributed by atoms with E-state index >= 15 is 0 Å². The van der Waals surface area contributed by atoms with E-state index in [0.717, 1.165) is 0 Å². The van der Waals surface area contributed by atoms with Gasteiger partial charge in [0.15, 0.2) is 5.17 Å². The molecule has 1 aliphatic rings. The highest BCUT2D eigenvalue weighted by atomic mass is 32.2. The number of nitrogens with zero attached hydrogens (tertiary/aromatic N) is 4. The number of nitro groups is 1. The molecule has 1 amide bonds. The van der Waals surface area contributed by atoms with Gasteiger partial charge in [0.1, 0.15) is 5.76 Å². The van der Waals surface area contributed by atoms with Crippen LogP contribution in [0.3, 0.4) is 0 Å². The standard InChI is InChI=1S/C21H16N4O4S/c26-20-19(13-15-6-4-9-17(12-15)25(27)28)30-21(23-22-14-18-10-5-11-29-18)24(20)16-7-2-1-3-8-16/h1-12,14,19H,13H2. The van der Waals surface area contributed by atoms with Gasteiger partial charge in [-0.2, -0.15) is 5.10 Å². The molecule has 150 valence electrons. The molecule has 0 N–H and O–H groups in total. The summed E-state index contributed by atoms with van der Waals surface area (Å²) in [6, 6.07) is 19.0. The Morgan fingerprint density at radius 1 is 1.13 bits per heavy atom. The van der Waals surface area contributed by atoms with Crippen molar-refractivity contribution in [2.75, 3.05) is 4.90 Å². The summed E-state index contributed by atoms with van der Waals surface area (Å²) in [6.45, 7) is 0. The van der Waals surface area contributed by atoms with Crippen LogP contribution in [0.5, 0.6) is 0 Å². The lowest BCUT2D eigenvalue weighted by Gasteiger charge is -2.15. The van der Waals surface area contributed by atoms with Gasteiger partial charge in [-0.05, 0) is 36.2 Å². The molecule has 30 heavy (non-hydrogen) atoms. The third-order valence-electron chi connectivity index (χ3n) is 4.36. The zero-order valence-corrected chi connectivity index (χ0v) is 16.4. The first-order valence-electron chi connectivity index (χ1n) is 9.05. The molecule has 0 aliphatic carbocycles. The fourth-order valence-corrected chi connectivity index (χ4v) is 4.12. The number of amidine groups is 1. The van der Waals surface area contributed by atoms with Crippen molar-refractivity contribution >= 4 is 40.4 Å². The average Bonchev–Trinajstić information content (AvgIpc) is 3.37. The molecule has 1 atom stereocenters. The summed E-state index contributed by atoms with van der Waals surface area (Å²) < 4.78 is 5.20. The smallest absolute Gasteiger partial charge is 0.269 e. The third kappa shape index (κ3) is 4.31. The number of anilines is 1. The lowest BCUT2D eigenvalue weighted by atomic mass is 10.1. The lowest BCUT2D eigenvalue weighted by molar-refractivity contribution is -0.384.